The fourth-order valence-electron chi connectivity index (χ4n) is 1.86. The highest BCUT2D eigenvalue weighted by atomic mass is 16.5. The maximum atomic E-state index is 11.5. The molecular weight excluding hydrogens is 254 g/mol. The van der Waals surface area contributed by atoms with Gasteiger partial charge in [-0.25, -0.2) is 5.06 Å². The van der Waals surface area contributed by atoms with Crippen molar-refractivity contribution in [2.24, 2.45) is 0 Å². The maximum absolute atomic E-state index is 11.5. The molecule has 1 aliphatic carbocycles. The largest absolute Gasteiger partial charge is 0.490 e. The van der Waals surface area contributed by atoms with E-state index in [-0.39, 0.29) is 5.78 Å². The second-order valence-electron chi connectivity index (χ2n) is 4.45. The Kier molecular flexibility index (Phi) is 4.38. The zero-order valence-electron chi connectivity index (χ0n) is 11.5. The van der Waals surface area contributed by atoms with Crippen molar-refractivity contribution in [3.05, 3.63) is 65.6 Å². The number of hydroxylamine groups is 1. The minimum atomic E-state index is -0.163. The van der Waals surface area contributed by atoms with Crippen LogP contribution in [0.4, 0.5) is 5.69 Å². The molecule has 4 nitrogen and oxygen atoms in total. The Morgan fingerprint density at radius 2 is 2.15 bits per heavy atom. The van der Waals surface area contributed by atoms with Crippen molar-refractivity contribution < 1.29 is 14.7 Å². The molecule has 1 aromatic rings. The second kappa shape index (κ2) is 6.21. The van der Waals surface area contributed by atoms with E-state index in [9.17, 15) is 10.0 Å². The SMILES string of the molecule is CCOC1=C/C(=C/N(O)c2cccc(C)c2)C=CC1=O. The van der Waals surface area contributed by atoms with Gasteiger partial charge in [-0.05, 0) is 55.3 Å². The highest BCUT2D eigenvalue weighted by Gasteiger charge is 2.13. The summed E-state index contributed by atoms with van der Waals surface area (Å²) in [5.74, 6) is 0.128. The molecule has 0 saturated heterocycles. The molecule has 0 radical (unpaired) electrons. The van der Waals surface area contributed by atoms with E-state index in [2.05, 4.69) is 0 Å². The van der Waals surface area contributed by atoms with E-state index < -0.39 is 0 Å². The Hall–Kier alpha value is -2.33. The Labute approximate surface area is 118 Å². The number of allylic oxidation sites excluding steroid dienone is 4. The number of carbonyl (C=O) groups is 1. The van der Waals surface area contributed by atoms with Gasteiger partial charge >= 0.3 is 0 Å². The summed E-state index contributed by atoms with van der Waals surface area (Å²) in [4.78, 5) is 11.5. The van der Waals surface area contributed by atoms with Crippen LogP contribution in [0, 0.1) is 6.92 Å². The van der Waals surface area contributed by atoms with Gasteiger partial charge in [-0.2, -0.15) is 0 Å². The van der Waals surface area contributed by atoms with E-state index in [0.29, 0.717) is 23.6 Å². The fourth-order valence-corrected chi connectivity index (χ4v) is 1.86. The molecule has 104 valence electrons. The second-order valence-corrected chi connectivity index (χ2v) is 4.45. The predicted molar refractivity (Wildman–Crippen MR) is 77.4 cm³/mol. The predicted octanol–water partition coefficient (Wildman–Crippen LogP) is 3.13. The van der Waals surface area contributed by atoms with Crippen LogP contribution in [0.3, 0.4) is 0 Å². The maximum Gasteiger partial charge on any atom is 0.220 e. The first-order valence-electron chi connectivity index (χ1n) is 6.43. The number of aryl methyl sites for hydroxylation is 1. The molecule has 0 unspecified atom stereocenters. The van der Waals surface area contributed by atoms with Crippen LogP contribution in [0.1, 0.15) is 12.5 Å². The summed E-state index contributed by atoms with van der Waals surface area (Å²) in [5, 5.41) is 11.1. The van der Waals surface area contributed by atoms with E-state index >= 15 is 0 Å². The molecule has 0 aromatic heterocycles. The minimum Gasteiger partial charge on any atom is -0.490 e. The first-order chi connectivity index (χ1) is 9.60. The molecule has 2 rings (SSSR count). The van der Waals surface area contributed by atoms with Crippen molar-refractivity contribution in [3.8, 4) is 0 Å². The number of nitrogens with zero attached hydrogens (tertiary/aromatic N) is 1. The van der Waals surface area contributed by atoms with Gasteiger partial charge in [0.2, 0.25) is 5.78 Å². The zero-order valence-corrected chi connectivity index (χ0v) is 11.5. The molecular formula is C16H17NO3. The lowest BCUT2D eigenvalue weighted by molar-refractivity contribution is -0.114. The zero-order chi connectivity index (χ0) is 14.5. The highest BCUT2D eigenvalue weighted by molar-refractivity contribution is 6.04. The third-order valence-electron chi connectivity index (χ3n) is 2.81. The molecule has 0 fully saturated rings. The summed E-state index contributed by atoms with van der Waals surface area (Å²) in [6.45, 7) is 4.21. The first-order valence-corrected chi connectivity index (χ1v) is 6.43. The molecule has 20 heavy (non-hydrogen) atoms. The topological polar surface area (TPSA) is 49.8 Å². The van der Waals surface area contributed by atoms with Gasteiger partial charge in [0.15, 0.2) is 5.76 Å². The van der Waals surface area contributed by atoms with Crippen LogP contribution >= 0.6 is 0 Å². The third-order valence-corrected chi connectivity index (χ3v) is 2.81. The molecule has 0 atom stereocenters. The number of ketones is 1. The summed E-state index contributed by atoms with van der Waals surface area (Å²) >= 11 is 0. The van der Waals surface area contributed by atoms with Crippen LogP contribution in [0.25, 0.3) is 0 Å². The number of hydrogen-bond acceptors (Lipinski definition) is 4. The summed E-state index contributed by atoms with van der Waals surface area (Å²) in [6.07, 6.45) is 6.23. The van der Waals surface area contributed by atoms with Crippen LogP contribution < -0.4 is 5.06 Å². The van der Waals surface area contributed by atoms with Crippen molar-refractivity contribution in [3.63, 3.8) is 0 Å². The molecule has 4 heteroatoms. The molecule has 0 saturated carbocycles. The quantitative estimate of drug-likeness (QED) is 0.855. The van der Waals surface area contributed by atoms with Crippen LogP contribution in [0.15, 0.2) is 60.0 Å². The van der Waals surface area contributed by atoms with Gasteiger partial charge in [0.1, 0.15) is 0 Å². The molecule has 0 heterocycles. The number of rotatable bonds is 4. The molecule has 1 aliphatic rings. The van der Waals surface area contributed by atoms with Crippen LogP contribution in [-0.4, -0.2) is 17.6 Å². The summed E-state index contributed by atoms with van der Waals surface area (Å²) in [5.41, 5.74) is 2.41. The average molecular weight is 271 g/mol. The molecule has 0 spiro atoms. The van der Waals surface area contributed by atoms with Gasteiger partial charge in [0.25, 0.3) is 0 Å². The average Bonchev–Trinajstić information content (AvgIpc) is 2.43. The van der Waals surface area contributed by atoms with Crippen LogP contribution in [0.2, 0.25) is 0 Å². The Morgan fingerprint density at radius 1 is 1.35 bits per heavy atom. The summed E-state index contributed by atoms with van der Waals surface area (Å²) in [6, 6.07) is 7.49. The van der Waals surface area contributed by atoms with Gasteiger partial charge in [0, 0.05) is 6.20 Å². The number of hydrogen-bond donors (Lipinski definition) is 1. The molecule has 0 amide bonds. The van der Waals surface area contributed by atoms with Crippen LogP contribution in [0.5, 0.6) is 0 Å². The van der Waals surface area contributed by atoms with Gasteiger partial charge in [0.05, 0.1) is 12.3 Å². The number of ether oxygens (including phenoxy) is 1. The molecule has 1 aromatic carbocycles. The van der Waals surface area contributed by atoms with E-state index in [1.165, 1.54) is 12.3 Å². The molecule has 0 aliphatic heterocycles. The Bertz CT molecular complexity index is 599. The van der Waals surface area contributed by atoms with Crippen molar-refractivity contribution in [2.45, 2.75) is 13.8 Å². The van der Waals surface area contributed by atoms with E-state index in [1.54, 1.807) is 18.2 Å². The molecule has 1 N–H and O–H groups in total. The van der Waals surface area contributed by atoms with Gasteiger partial charge in [-0.3, -0.25) is 10.0 Å². The van der Waals surface area contributed by atoms with Gasteiger partial charge < -0.3 is 4.74 Å². The Morgan fingerprint density at radius 3 is 2.85 bits per heavy atom. The van der Waals surface area contributed by atoms with Crippen LogP contribution in [-0.2, 0) is 9.53 Å². The van der Waals surface area contributed by atoms with Crippen molar-refractivity contribution in [1.82, 2.24) is 0 Å². The summed E-state index contributed by atoms with van der Waals surface area (Å²) < 4.78 is 5.25. The Balaban J connectivity index is 2.22. The summed E-state index contributed by atoms with van der Waals surface area (Å²) in [7, 11) is 0. The van der Waals surface area contributed by atoms with Crippen molar-refractivity contribution in [2.75, 3.05) is 11.7 Å². The van der Waals surface area contributed by atoms with Gasteiger partial charge in [-0.1, -0.05) is 12.1 Å². The van der Waals surface area contributed by atoms with E-state index in [1.807, 2.05) is 32.0 Å². The standard InChI is InChI=1S/C16H17NO3/c1-3-20-16-10-13(7-8-15(16)18)11-17(19)14-6-4-5-12(2)9-14/h4-11,19H,3H2,1-2H3/b13-11+. The smallest absolute Gasteiger partial charge is 0.220 e. The lowest BCUT2D eigenvalue weighted by Gasteiger charge is -2.15. The van der Waals surface area contributed by atoms with Crippen molar-refractivity contribution in [1.29, 1.82) is 0 Å². The van der Waals surface area contributed by atoms with Gasteiger partial charge in [-0.15, -0.1) is 0 Å². The molecule has 0 bridgehead atoms. The number of benzene rings is 1. The normalized spacial score (nSPS) is 16.2. The van der Waals surface area contributed by atoms with E-state index in [4.69, 9.17) is 4.74 Å². The lowest BCUT2D eigenvalue weighted by Crippen LogP contribution is -2.12. The third kappa shape index (κ3) is 3.36. The fraction of sp³-hybridized carbons (Fsp3) is 0.188. The van der Waals surface area contributed by atoms with E-state index in [0.717, 1.165) is 10.6 Å². The highest BCUT2D eigenvalue weighted by Crippen LogP contribution is 2.19. The lowest BCUT2D eigenvalue weighted by atomic mass is 10.1. The monoisotopic (exact) mass is 271 g/mol. The number of anilines is 1. The van der Waals surface area contributed by atoms with Crippen molar-refractivity contribution >= 4 is 11.5 Å². The minimum absolute atomic E-state index is 0.163. The number of carbonyl (C=O) groups excluding carboxylic acids is 1. The first kappa shape index (κ1) is 14.1.